The Morgan fingerprint density at radius 2 is 2.37 bits per heavy atom. The molecule has 0 unspecified atom stereocenters. The summed E-state index contributed by atoms with van der Waals surface area (Å²) in [7, 11) is 0. The van der Waals surface area contributed by atoms with Crippen LogP contribution in [0, 0.1) is 5.92 Å². The molecule has 4 nitrogen and oxygen atoms in total. The third-order valence-electron chi connectivity index (χ3n) is 4.08. The molecule has 1 saturated carbocycles. The zero-order chi connectivity index (χ0) is 13.2. The molecule has 0 atom stereocenters. The second-order valence-electron chi connectivity index (χ2n) is 5.56. The minimum absolute atomic E-state index is 0.110. The first-order chi connectivity index (χ1) is 9.22. The Bertz CT molecular complexity index is 454. The lowest BCUT2D eigenvalue weighted by molar-refractivity contribution is -0.131. The predicted molar refractivity (Wildman–Crippen MR) is 75.0 cm³/mol. The molecule has 0 spiro atoms. The number of aliphatic hydroxyl groups is 1. The molecular weight excluding hydrogens is 260 g/mol. The number of carbonyl (C=O) groups excluding carboxylic acids is 1. The Kier molecular flexibility index (Phi) is 3.86. The van der Waals surface area contributed by atoms with E-state index in [4.69, 9.17) is 0 Å². The Labute approximate surface area is 117 Å². The van der Waals surface area contributed by atoms with E-state index in [1.807, 2.05) is 4.90 Å². The number of amides is 1. The van der Waals surface area contributed by atoms with Crippen LogP contribution in [0.4, 0.5) is 0 Å². The van der Waals surface area contributed by atoms with Crippen LogP contribution in [0.25, 0.3) is 0 Å². The zero-order valence-electron chi connectivity index (χ0n) is 11.0. The highest BCUT2D eigenvalue weighted by molar-refractivity contribution is 7.10. The summed E-state index contributed by atoms with van der Waals surface area (Å²) in [5.74, 6) is 0.740. The minimum Gasteiger partial charge on any atom is -0.393 e. The van der Waals surface area contributed by atoms with Crippen molar-refractivity contribution in [1.82, 2.24) is 10.2 Å². The lowest BCUT2D eigenvalue weighted by atomic mass is 9.82. The molecule has 2 N–H and O–H groups in total. The quantitative estimate of drug-likeness (QED) is 0.865. The molecule has 1 fully saturated rings. The molecule has 3 rings (SSSR count). The largest absolute Gasteiger partial charge is 0.393 e. The van der Waals surface area contributed by atoms with Crippen molar-refractivity contribution in [3.8, 4) is 0 Å². The molecule has 1 aromatic rings. The number of aliphatic hydroxyl groups excluding tert-OH is 1. The van der Waals surface area contributed by atoms with E-state index in [2.05, 4.69) is 16.8 Å². The van der Waals surface area contributed by atoms with Gasteiger partial charge in [-0.2, -0.15) is 0 Å². The van der Waals surface area contributed by atoms with Gasteiger partial charge in [-0.3, -0.25) is 4.79 Å². The smallest absolute Gasteiger partial charge is 0.236 e. The summed E-state index contributed by atoms with van der Waals surface area (Å²) in [4.78, 5) is 15.5. The van der Waals surface area contributed by atoms with E-state index in [1.54, 1.807) is 11.3 Å². The van der Waals surface area contributed by atoms with Crippen LogP contribution >= 0.6 is 11.3 Å². The molecule has 0 saturated heterocycles. The number of fused-ring (bicyclic) bond motifs is 1. The van der Waals surface area contributed by atoms with Crippen LogP contribution in [0.15, 0.2) is 11.4 Å². The number of nitrogens with zero attached hydrogens (tertiary/aromatic N) is 1. The molecule has 1 aliphatic carbocycles. The predicted octanol–water partition coefficient (Wildman–Crippen LogP) is 0.993. The summed E-state index contributed by atoms with van der Waals surface area (Å²) >= 11 is 1.79. The molecule has 2 aliphatic rings. The van der Waals surface area contributed by atoms with Crippen molar-refractivity contribution < 1.29 is 9.90 Å². The Morgan fingerprint density at radius 3 is 3.16 bits per heavy atom. The Balaban J connectivity index is 1.41. The van der Waals surface area contributed by atoms with Crippen LogP contribution in [-0.2, 0) is 17.8 Å². The molecule has 0 bridgehead atoms. The zero-order valence-corrected chi connectivity index (χ0v) is 11.8. The monoisotopic (exact) mass is 280 g/mol. The second-order valence-corrected chi connectivity index (χ2v) is 6.56. The fraction of sp³-hybridized carbons (Fsp3) is 0.643. The number of rotatable bonds is 4. The molecule has 1 aliphatic heterocycles. The van der Waals surface area contributed by atoms with Crippen molar-refractivity contribution in [2.24, 2.45) is 5.92 Å². The fourth-order valence-electron chi connectivity index (χ4n) is 2.82. The van der Waals surface area contributed by atoms with Crippen LogP contribution in [-0.4, -0.2) is 41.7 Å². The van der Waals surface area contributed by atoms with E-state index in [-0.39, 0.29) is 12.0 Å². The highest BCUT2D eigenvalue weighted by Crippen LogP contribution is 2.26. The van der Waals surface area contributed by atoms with Gasteiger partial charge in [0.25, 0.3) is 0 Å². The number of hydrogen-bond donors (Lipinski definition) is 2. The van der Waals surface area contributed by atoms with Gasteiger partial charge in [-0.25, -0.2) is 0 Å². The third kappa shape index (κ3) is 2.99. The number of hydrogen-bond acceptors (Lipinski definition) is 4. The summed E-state index contributed by atoms with van der Waals surface area (Å²) < 4.78 is 0. The van der Waals surface area contributed by atoms with Gasteiger partial charge in [0.05, 0.1) is 12.6 Å². The van der Waals surface area contributed by atoms with Crippen LogP contribution in [0.5, 0.6) is 0 Å². The van der Waals surface area contributed by atoms with Crippen molar-refractivity contribution >= 4 is 17.2 Å². The third-order valence-corrected chi connectivity index (χ3v) is 5.10. The average molecular weight is 280 g/mol. The van der Waals surface area contributed by atoms with Gasteiger partial charge in [0.2, 0.25) is 5.91 Å². The second kappa shape index (κ2) is 5.61. The van der Waals surface area contributed by atoms with Gasteiger partial charge < -0.3 is 15.3 Å². The highest BCUT2D eigenvalue weighted by atomic mass is 32.1. The van der Waals surface area contributed by atoms with E-state index in [1.165, 1.54) is 10.4 Å². The maximum atomic E-state index is 12.1. The molecule has 19 heavy (non-hydrogen) atoms. The van der Waals surface area contributed by atoms with Crippen molar-refractivity contribution in [2.45, 2.75) is 31.9 Å². The van der Waals surface area contributed by atoms with Crippen molar-refractivity contribution in [3.63, 3.8) is 0 Å². The summed E-state index contributed by atoms with van der Waals surface area (Å²) in [6.45, 7) is 2.88. The first-order valence-corrected chi connectivity index (χ1v) is 7.82. The van der Waals surface area contributed by atoms with Gasteiger partial charge in [0, 0.05) is 18.0 Å². The first kappa shape index (κ1) is 13.1. The lowest BCUT2D eigenvalue weighted by Crippen LogP contribution is -2.43. The van der Waals surface area contributed by atoms with E-state index in [0.717, 1.165) is 38.9 Å². The van der Waals surface area contributed by atoms with Crippen LogP contribution in [0.1, 0.15) is 23.3 Å². The Hall–Kier alpha value is -0.910. The molecule has 5 heteroatoms. The normalized spacial score (nSPS) is 25.8. The molecule has 1 amide bonds. The lowest BCUT2D eigenvalue weighted by Gasteiger charge is -2.32. The number of nitrogens with one attached hydrogen (secondary N) is 1. The summed E-state index contributed by atoms with van der Waals surface area (Å²) in [6, 6.07) is 2.13. The minimum atomic E-state index is -0.110. The van der Waals surface area contributed by atoms with E-state index in [9.17, 15) is 9.90 Å². The summed E-state index contributed by atoms with van der Waals surface area (Å²) in [5, 5.41) is 14.5. The number of thiophene rings is 1. The summed E-state index contributed by atoms with van der Waals surface area (Å²) in [6.07, 6.45) is 2.64. The maximum Gasteiger partial charge on any atom is 0.236 e. The van der Waals surface area contributed by atoms with E-state index in [0.29, 0.717) is 12.5 Å². The van der Waals surface area contributed by atoms with Gasteiger partial charge in [-0.15, -0.1) is 11.3 Å². The van der Waals surface area contributed by atoms with Crippen molar-refractivity contribution in [2.75, 3.05) is 19.6 Å². The molecular formula is C14H20N2O2S. The number of carbonyl (C=O) groups is 1. The SMILES string of the molecule is O=C(CNCC1CC(O)C1)N1CCc2sccc2C1. The van der Waals surface area contributed by atoms with E-state index >= 15 is 0 Å². The molecule has 0 aromatic carbocycles. The van der Waals surface area contributed by atoms with Gasteiger partial charge in [0.1, 0.15) is 0 Å². The van der Waals surface area contributed by atoms with Gasteiger partial charge in [-0.05, 0) is 48.7 Å². The topological polar surface area (TPSA) is 52.6 Å². The highest BCUT2D eigenvalue weighted by Gasteiger charge is 2.27. The molecule has 0 radical (unpaired) electrons. The molecule has 2 heterocycles. The fourth-order valence-corrected chi connectivity index (χ4v) is 3.71. The first-order valence-electron chi connectivity index (χ1n) is 6.94. The average Bonchev–Trinajstić information content (AvgIpc) is 2.83. The van der Waals surface area contributed by atoms with E-state index < -0.39 is 0 Å². The van der Waals surface area contributed by atoms with Gasteiger partial charge in [-0.1, -0.05) is 0 Å². The van der Waals surface area contributed by atoms with Crippen molar-refractivity contribution in [3.05, 3.63) is 21.9 Å². The standard InChI is InChI=1S/C14H20N2O2S/c17-12-5-10(6-12)7-15-8-14(18)16-3-1-13-11(9-16)2-4-19-13/h2,4,10,12,15,17H,1,3,5-9H2. The van der Waals surface area contributed by atoms with Crippen LogP contribution in [0.2, 0.25) is 0 Å². The van der Waals surface area contributed by atoms with Crippen LogP contribution in [0.3, 0.4) is 0 Å². The molecule has 1 aromatic heterocycles. The molecule has 104 valence electrons. The van der Waals surface area contributed by atoms with Gasteiger partial charge >= 0.3 is 0 Å². The van der Waals surface area contributed by atoms with Gasteiger partial charge in [0.15, 0.2) is 0 Å². The van der Waals surface area contributed by atoms with Crippen molar-refractivity contribution in [1.29, 1.82) is 0 Å². The maximum absolute atomic E-state index is 12.1. The Morgan fingerprint density at radius 1 is 1.53 bits per heavy atom. The summed E-state index contributed by atoms with van der Waals surface area (Å²) in [5.41, 5.74) is 1.31. The van der Waals surface area contributed by atoms with Crippen LogP contribution < -0.4 is 5.32 Å².